The quantitative estimate of drug-likeness (QED) is 0.843. The van der Waals surface area contributed by atoms with Gasteiger partial charge in [-0.3, -0.25) is 4.79 Å². The van der Waals surface area contributed by atoms with E-state index >= 15 is 0 Å². The standard InChI is InChI=1S/C14H18ClNO2/c1-11(17)16-7-3-6-14(9-16)18-10-12-4-2-5-13(15)8-12/h2,4-5,8,14H,3,6-7,9-10H2,1H3. The Morgan fingerprint density at radius 3 is 3.11 bits per heavy atom. The molecule has 1 aromatic carbocycles. The summed E-state index contributed by atoms with van der Waals surface area (Å²) < 4.78 is 5.85. The number of hydrogen-bond acceptors (Lipinski definition) is 2. The van der Waals surface area contributed by atoms with Crippen LogP contribution < -0.4 is 0 Å². The fourth-order valence-corrected chi connectivity index (χ4v) is 2.41. The first-order valence-corrected chi connectivity index (χ1v) is 6.64. The van der Waals surface area contributed by atoms with Crippen LogP contribution in [0.2, 0.25) is 5.02 Å². The Kier molecular flexibility index (Phi) is 4.61. The van der Waals surface area contributed by atoms with E-state index in [1.165, 1.54) is 0 Å². The molecule has 4 heteroatoms. The summed E-state index contributed by atoms with van der Waals surface area (Å²) in [5, 5.41) is 0.727. The summed E-state index contributed by atoms with van der Waals surface area (Å²) in [4.78, 5) is 13.2. The van der Waals surface area contributed by atoms with E-state index in [4.69, 9.17) is 16.3 Å². The second kappa shape index (κ2) is 6.21. The van der Waals surface area contributed by atoms with Crippen LogP contribution in [-0.2, 0) is 16.1 Å². The lowest BCUT2D eigenvalue weighted by molar-refractivity contribution is -0.133. The van der Waals surface area contributed by atoms with Crippen molar-refractivity contribution >= 4 is 17.5 Å². The average molecular weight is 268 g/mol. The molecule has 0 aliphatic carbocycles. The van der Waals surface area contributed by atoms with Crippen molar-refractivity contribution in [2.45, 2.75) is 32.5 Å². The van der Waals surface area contributed by atoms with Crippen molar-refractivity contribution in [3.63, 3.8) is 0 Å². The van der Waals surface area contributed by atoms with E-state index in [0.29, 0.717) is 13.2 Å². The first kappa shape index (κ1) is 13.4. The molecule has 98 valence electrons. The molecule has 18 heavy (non-hydrogen) atoms. The fourth-order valence-electron chi connectivity index (χ4n) is 2.20. The van der Waals surface area contributed by atoms with Crippen molar-refractivity contribution in [1.82, 2.24) is 4.90 Å². The molecule has 2 rings (SSSR count). The average Bonchev–Trinajstić information content (AvgIpc) is 2.37. The number of carbonyl (C=O) groups excluding carboxylic acids is 1. The Hall–Kier alpha value is -1.06. The number of amides is 1. The Bertz CT molecular complexity index is 422. The number of benzene rings is 1. The van der Waals surface area contributed by atoms with Crippen molar-refractivity contribution < 1.29 is 9.53 Å². The van der Waals surface area contributed by atoms with Crippen LogP contribution in [-0.4, -0.2) is 30.0 Å². The third-order valence-corrected chi connectivity index (χ3v) is 3.43. The van der Waals surface area contributed by atoms with Gasteiger partial charge in [-0.25, -0.2) is 0 Å². The van der Waals surface area contributed by atoms with Crippen LogP contribution in [0.1, 0.15) is 25.3 Å². The molecule has 1 fully saturated rings. The van der Waals surface area contributed by atoms with Crippen LogP contribution >= 0.6 is 11.6 Å². The topological polar surface area (TPSA) is 29.5 Å². The highest BCUT2D eigenvalue weighted by molar-refractivity contribution is 6.30. The maximum absolute atomic E-state index is 11.3. The molecule has 1 amide bonds. The maximum atomic E-state index is 11.3. The summed E-state index contributed by atoms with van der Waals surface area (Å²) in [5.74, 6) is 0.131. The van der Waals surface area contributed by atoms with Crippen molar-refractivity contribution in [3.8, 4) is 0 Å². The highest BCUT2D eigenvalue weighted by Crippen LogP contribution is 2.17. The second-order valence-electron chi connectivity index (χ2n) is 4.67. The molecule has 1 unspecified atom stereocenters. The molecule has 1 heterocycles. The number of ether oxygens (including phenoxy) is 1. The highest BCUT2D eigenvalue weighted by atomic mass is 35.5. The molecule has 3 nitrogen and oxygen atoms in total. The van der Waals surface area contributed by atoms with Crippen molar-refractivity contribution in [1.29, 1.82) is 0 Å². The Balaban J connectivity index is 1.84. The first-order chi connectivity index (χ1) is 8.65. The van der Waals surface area contributed by atoms with Gasteiger partial charge >= 0.3 is 0 Å². The van der Waals surface area contributed by atoms with Crippen molar-refractivity contribution in [2.24, 2.45) is 0 Å². The smallest absolute Gasteiger partial charge is 0.219 e. The summed E-state index contributed by atoms with van der Waals surface area (Å²) in [6, 6.07) is 7.68. The van der Waals surface area contributed by atoms with Gasteiger partial charge in [-0.05, 0) is 30.5 Å². The molecule has 1 aliphatic rings. The first-order valence-electron chi connectivity index (χ1n) is 6.26. The summed E-state index contributed by atoms with van der Waals surface area (Å²) in [6.07, 6.45) is 2.17. The second-order valence-corrected chi connectivity index (χ2v) is 5.11. The van der Waals surface area contributed by atoms with Gasteiger partial charge < -0.3 is 9.64 Å². The predicted molar refractivity (Wildman–Crippen MR) is 71.5 cm³/mol. The van der Waals surface area contributed by atoms with Gasteiger partial charge in [0.2, 0.25) is 5.91 Å². The zero-order valence-electron chi connectivity index (χ0n) is 10.6. The lowest BCUT2D eigenvalue weighted by Crippen LogP contribution is -2.42. The molecule has 1 aromatic rings. The van der Waals surface area contributed by atoms with Gasteiger partial charge in [0.25, 0.3) is 0 Å². The highest BCUT2D eigenvalue weighted by Gasteiger charge is 2.21. The Labute approximate surface area is 113 Å². The lowest BCUT2D eigenvalue weighted by atomic mass is 10.1. The van der Waals surface area contributed by atoms with Gasteiger partial charge in [-0.1, -0.05) is 23.7 Å². The lowest BCUT2D eigenvalue weighted by Gasteiger charge is -2.32. The molecule has 1 atom stereocenters. The van der Waals surface area contributed by atoms with Crippen LogP contribution in [0.3, 0.4) is 0 Å². The Morgan fingerprint density at radius 2 is 2.39 bits per heavy atom. The summed E-state index contributed by atoms with van der Waals surface area (Å²) in [7, 11) is 0. The third-order valence-electron chi connectivity index (χ3n) is 3.20. The van der Waals surface area contributed by atoms with Gasteiger partial charge in [-0.2, -0.15) is 0 Å². The Morgan fingerprint density at radius 1 is 1.56 bits per heavy atom. The zero-order chi connectivity index (χ0) is 13.0. The summed E-state index contributed by atoms with van der Waals surface area (Å²) in [5.41, 5.74) is 1.07. The van der Waals surface area contributed by atoms with Crippen LogP contribution in [0.15, 0.2) is 24.3 Å². The number of piperidine rings is 1. The largest absolute Gasteiger partial charge is 0.372 e. The molecular formula is C14H18ClNO2. The maximum Gasteiger partial charge on any atom is 0.219 e. The predicted octanol–water partition coefficient (Wildman–Crippen LogP) is 2.87. The van der Waals surface area contributed by atoms with Crippen molar-refractivity contribution in [2.75, 3.05) is 13.1 Å². The van der Waals surface area contributed by atoms with Gasteiger partial charge in [-0.15, -0.1) is 0 Å². The molecule has 0 N–H and O–H groups in total. The van der Waals surface area contributed by atoms with Crippen LogP contribution in [0, 0.1) is 0 Å². The minimum Gasteiger partial charge on any atom is -0.372 e. The third kappa shape index (κ3) is 3.72. The van der Waals surface area contributed by atoms with Gasteiger partial charge in [0.05, 0.1) is 12.7 Å². The molecule has 0 spiro atoms. The minimum atomic E-state index is 0.131. The summed E-state index contributed by atoms with van der Waals surface area (Å²) >= 11 is 5.92. The number of nitrogens with zero attached hydrogens (tertiary/aromatic N) is 1. The molecule has 0 bridgehead atoms. The number of hydrogen-bond donors (Lipinski definition) is 0. The number of likely N-dealkylation sites (tertiary alicyclic amines) is 1. The molecule has 0 aromatic heterocycles. The van der Waals surface area contributed by atoms with E-state index in [2.05, 4.69) is 0 Å². The fraction of sp³-hybridized carbons (Fsp3) is 0.500. The van der Waals surface area contributed by atoms with Gasteiger partial charge in [0, 0.05) is 25.0 Å². The summed E-state index contributed by atoms with van der Waals surface area (Å²) in [6.45, 7) is 3.72. The van der Waals surface area contributed by atoms with E-state index in [9.17, 15) is 4.79 Å². The van der Waals surface area contributed by atoms with Crippen molar-refractivity contribution in [3.05, 3.63) is 34.9 Å². The van der Waals surface area contributed by atoms with E-state index in [0.717, 1.165) is 30.0 Å². The number of rotatable bonds is 3. The van der Waals surface area contributed by atoms with E-state index in [-0.39, 0.29) is 12.0 Å². The zero-order valence-corrected chi connectivity index (χ0v) is 11.3. The molecule has 0 saturated carbocycles. The molecule has 1 saturated heterocycles. The van der Waals surface area contributed by atoms with Crippen LogP contribution in [0.4, 0.5) is 0 Å². The molecule has 0 radical (unpaired) electrons. The monoisotopic (exact) mass is 267 g/mol. The van der Waals surface area contributed by atoms with Gasteiger partial charge in [0.15, 0.2) is 0 Å². The van der Waals surface area contributed by atoms with Crippen LogP contribution in [0.25, 0.3) is 0 Å². The molecular weight excluding hydrogens is 250 g/mol. The van der Waals surface area contributed by atoms with Crippen LogP contribution in [0.5, 0.6) is 0 Å². The SMILES string of the molecule is CC(=O)N1CCCC(OCc2cccc(Cl)c2)C1. The van der Waals surface area contributed by atoms with E-state index in [1.807, 2.05) is 29.2 Å². The minimum absolute atomic E-state index is 0.131. The van der Waals surface area contributed by atoms with Gasteiger partial charge in [0.1, 0.15) is 0 Å². The normalized spacial score (nSPS) is 19.9. The van der Waals surface area contributed by atoms with E-state index < -0.39 is 0 Å². The number of halogens is 1. The number of carbonyl (C=O) groups is 1. The van der Waals surface area contributed by atoms with E-state index in [1.54, 1.807) is 6.92 Å². The molecule has 1 aliphatic heterocycles.